The second-order valence-electron chi connectivity index (χ2n) is 11.6. The summed E-state index contributed by atoms with van der Waals surface area (Å²) in [5, 5.41) is 13.8. The van der Waals surface area contributed by atoms with E-state index in [1.165, 1.54) is 76.7 Å². The predicted molar refractivity (Wildman–Crippen MR) is 163 cm³/mol. The molecule has 41 heavy (non-hydrogen) atoms. The number of phosphoric acid groups is 1. The van der Waals surface area contributed by atoms with Gasteiger partial charge in [0.05, 0.1) is 31.8 Å². The maximum Gasteiger partial charge on any atom is 0.527 e. The van der Waals surface area contributed by atoms with Gasteiger partial charge >= 0.3 is 7.82 Å². The van der Waals surface area contributed by atoms with Crippen LogP contribution in [0.15, 0.2) is 18.2 Å². The molecule has 0 spiro atoms. The van der Waals surface area contributed by atoms with Gasteiger partial charge in [0.15, 0.2) is 5.75 Å². The van der Waals surface area contributed by atoms with E-state index in [0.717, 1.165) is 31.4 Å². The van der Waals surface area contributed by atoms with Crippen molar-refractivity contribution in [2.75, 3.05) is 39.6 Å². The number of likely N-dealkylation sites (N-methyl/N-ethyl adjacent to an activating group) is 1. The lowest BCUT2D eigenvalue weighted by Gasteiger charge is -2.24. The van der Waals surface area contributed by atoms with Gasteiger partial charge in [0.25, 0.3) is 5.69 Å². The summed E-state index contributed by atoms with van der Waals surface area (Å²) in [6.07, 6.45) is 18.7. The summed E-state index contributed by atoms with van der Waals surface area (Å²) in [6.45, 7) is 2.69. The number of hydrogen-bond acceptors (Lipinski definition) is 7. The van der Waals surface area contributed by atoms with Gasteiger partial charge in [-0.25, -0.2) is 4.57 Å². The van der Waals surface area contributed by atoms with Gasteiger partial charge in [-0.2, -0.15) is 0 Å². The number of benzene rings is 1. The number of rotatable bonds is 24. The van der Waals surface area contributed by atoms with Crippen molar-refractivity contribution in [1.29, 1.82) is 0 Å². The van der Waals surface area contributed by atoms with E-state index in [1.807, 2.05) is 21.1 Å². The first-order valence-corrected chi connectivity index (χ1v) is 16.5. The van der Waals surface area contributed by atoms with E-state index in [4.69, 9.17) is 9.05 Å². The molecule has 0 aliphatic heterocycles. The number of nitrogens with zero attached hydrogens (tertiary/aromatic N) is 2. The number of anilines is 1. The van der Waals surface area contributed by atoms with E-state index in [-0.39, 0.29) is 41.5 Å². The molecular weight excluding hydrogens is 549 g/mol. The van der Waals surface area contributed by atoms with Crippen LogP contribution in [0.3, 0.4) is 0 Å². The second-order valence-corrected chi connectivity index (χ2v) is 13.0. The highest BCUT2D eigenvalue weighted by atomic mass is 31.2. The number of carbonyl (C=O) groups excluding carboxylic acids is 1. The minimum Gasteiger partial charge on any atom is -0.870 e. The molecule has 1 unspecified atom stereocenters. The van der Waals surface area contributed by atoms with E-state index < -0.39 is 12.7 Å². The Morgan fingerprint density at radius 3 is 1.88 bits per heavy atom. The van der Waals surface area contributed by atoms with Crippen molar-refractivity contribution in [3.05, 3.63) is 28.3 Å². The zero-order chi connectivity index (χ0) is 29.9. The molecule has 1 rings (SSSR count). The van der Waals surface area contributed by atoms with Gasteiger partial charge in [-0.3, -0.25) is 24.3 Å². The molecule has 0 saturated heterocycles. The number of hydrogen-bond donors (Lipinski definition) is 2. The SMILES string of the molecule is CCCCCCCCCCCCCCCCCC(=O)Nc1cc([N+](=O)[O-])ccc1OP(=O)(O)OCC[N+](C)(C)C.[OH-]. The number of quaternary nitrogens is 1. The molecule has 1 aromatic carbocycles. The number of nitro benzene ring substituents is 1. The van der Waals surface area contributed by atoms with Gasteiger partial charge in [-0.1, -0.05) is 96.8 Å². The standard InChI is InChI=1S/C29H52N3O7P.H2O/c1-5-6-7-8-9-10-11-12-13-14-15-16-17-18-19-20-29(33)30-27-25-26(31(34)35)21-22-28(27)39-40(36,37)38-24-23-32(2,3)4;/h21-22,25H,5-20,23-24H2,1-4H3,(H-,30,33,36,37);1H2. The van der Waals surface area contributed by atoms with E-state index in [2.05, 4.69) is 12.2 Å². The van der Waals surface area contributed by atoms with Gasteiger partial charge in [-0.05, 0) is 12.5 Å². The van der Waals surface area contributed by atoms with Crippen LogP contribution in [-0.4, -0.2) is 60.0 Å². The Bertz CT molecular complexity index is 924. The number of nitrogens with one attached hydrogen (secondary N) is 1. The summed E-state index contributed by atoms with van der Waals surface area (Å²) >= 11 is 0. The molecular formula is C29H54N3O8P. The van der Waals surface area contributed by atoms with E-state index in [0.29, 0.717) is 17.4 Å². The second kappa shape index (κ2) is 21.6. The highest BCUT2D eigenvalue weighted by Gasteiger charge is 2.27. The molecule has 0 saturated carbocycles. The monoisotopic (exact) mass is 603 g/mol. The quantitative estimate of drug-likeness (QED) is 0.0398. The van der Waals surface area contributed by atoms with Crippen molar-refractivity contribution in [3.8, 4) is 5.75 Å². The van der Waals surface area contributed by atoms with Crippen LogP contribution < -0.4 is 9.84 Å². The lowest BCUT2D eigenvalue weighted by Crippen LogP contribution is -2.37. The summed E-state index contributed by atoms with van der Waals surface area (Å²) in [4.78, 5) is 33.3. The number of nitro groups is 1. The lowest BCUT2D eigenvalue weighted by molar-refractivity contribution is -0.870. The fourth-order valence-corrected chi connectivity index (χ4v) is 5.03. The molecule has 0 aliphatic rings. The van der Waals surface area contributed by atoms with Crippen molar-refractivity contribution >= 4 is 25.1 Å². The Hall–Kier alpha value is -2.04. The largest absolute Gasteiger partial charge is 0.870 e. The molecule has 0 heterocycles. The lowest BCUT2D eigenvalue weighted by atomic mass is 10.0. The van der Waals surface area contributed by atoms with Crippen LogP contribution in [0.1, 0.15) is 110 Å². The number of amides is 1. The molecule has 0 radical (unpaired) electrons. The van der Waals surface area contributed by atoms with Crippen molar-refractivity contribution < 1.29 is 38.2 Å². The van der Waals surface area contributed by atoms with E-state index in [1.54, 1.807) is 0 Å². The molecule has 1 amide bonds. The van der Waals surface area contributed by atoms with Crippen molar-refractivity contribution in [3.63, 3.8) is 0 Å². The minimum absolute atomic E-state index is 0. The summed E-state index contributed by atoms with van der Waals surface area (Å²) in [5.74, 6) is -0.495. The Labute approximate surface area is 246 Å². The molecule has 12 heteroatoms. The van der Waals surface area contributed by atoms with Crippen LogP contribution in [0.25, 0.3) is 0 Å². The average Bonchev–Trinajstić information content (AvgIpc) is 2.86. The van der Waals surface area contributed by atoms with Crippen molar-refractivity contribution in [2.45, 2.75) is 110 Å². The highest BCUT2D eigenvalue weighted by Crippen LogP contribution is 2.46. The highest BCUT2D eigenvalue weighted by molar-refractivity contribution is 7.47. The molecule has 3 N–H and O–H groups in total. The van der Waals surface area contributed by atoms with Gasteiger partial charge in [0.2, 0.25) is 5.91 Å². The molecule has 1 atom stereocenters. The van der Waals surface area contributed by atoms with Gasteiger partial charge in [0.1, 0.15) is 13.2 Å². The summed E-state index contributed by atoms with van der Waals surface area (Å²) < 4.78 is 23.1. The van der Waals surface area contributed by atoms with Crippen LogP contribution >= 0.6 is 7.82 Å². The van der Waals surface area contributed by atoms with Crippen LogP contribution in [0.4, 0.5) is 11.4 Å². The molecule has 238 valence electrons. The van der Waals surface area contributed by atoms with Gasteiger partial charge in [-0.15, -0.1) is 0 Å². The first-order valence-electron chi connectivity index (χ1n) is 15.0. The number of unbranched alkanes of at least 4 members (excludes halogenated alkanes) is 14. The summed E-state index contributed by atoms with van der Waals surface area (Å²) in [7, 11) is 1.24. The number of carbonyl (C=O) groups is 1. The average molecular weight is 604 g/mol. The molecule has 0 aromatic heterocycles. The third kappa shape index (κ3) is 20.5. The number of phosphoric ester groups is 1. The first-order chi connectivity index (χ1) is 18.9. The van der Waals surface area contributed by atoms with Gasteiger partial charge in [0, 0.05) is 18.6 Å². The number of non-ortho nitro benzene ring substituents is 1. The van der Waals surface area contributed by atoms with Crippen LogP contribution in [0.5, 0.6) is 5.75 Å². The first kappa shape index (κ1) is 39.0. The Kier molecular flexibility index (Phi) is 20.6. The smallest absolute Gasteiger partial charge is 0.527 e. The Morgan fingerprint density at radius 1 is 0.927 bits per heavy atom. The molecule has 0 fully saturated rings. The normalized spacial score (nSPS) is 12.8. The predicted octanol–water partition coefficient (Wildman–Crippen LogP) is 7.82. The van der Waals surface area contributed by atoms with E-state index >= 15 is 0 Å². The molecule has 11 nitrogen and oxygen atoms in total. The fourth-order valence-electron chi connectivity index (χ4n) is 4.26. The van der Waals surface area contributed by atoms with Gasteiger partial charge < -0.3 is 19.8 Å². The maximum absolute atomic E-state index is 12.5. The Balaban J connectivity index is 0.0000160. The van der Waals surface area contributed by atoms with Crippen molar-refractivity contribution in [1.82, 2.24) is 0 Å². The molecule has 0 bridgehead atoms. The zero-order valence-electron chi connectivity index (χ0n) is 25.6. The topological polar surface area (TPSA) is 158 Å². The molecule has 1 aromatic rings. The molecule has 0 aliphatic carbocycles. The summed E-state index contributed by atoms with van der Waals surface area (Å²) in [6, 6.07) is 3.45. The Morgan fingerprint density at radius 2 is 1.41 bits per heavy atom. The summed E-state index contributed by atoms with van der Waals surface area (Å²) in [5.41, 5.74) is -0.307. The van der Waals surface area contributed by atoms with E-state index in [9.17, 15) is 24.4 Å². The van der Waals surface area contributed by atoms with Crippen molar-refractivity contribution in [2.24, 2.45) is 0 Å². The van der Waals surface area contributed by atoms with Crippen LogP contribution in [-0.2, 0) is 13.9 Å². The third-order valence-corrected chi connectivity index (χ3v) is 7.62. The third-order valence-electron chi connectivity index (χ3n) is 6.69. The minimum atomic E-state index is -4.49. The van der Waals surface area contributed by atoms with Crippen LogP contribution in [0, 0.1) is 10.1 Å². The zero-order valence-corrected chi connectivity index (χ0v) is 26.5. The maximum atomic E-state index is 12.5. The van der Waals surface area contributed by atoms with Crippen LogP contribution in [0.2, 0.25) is 0 Å². The fraction of sp³-hybridized carbons (Fsp3) is 0.759.